The van der Waals surface area contributed by atoms with Gasteiger partial charge in [-0.25, -0.2) is 9.36 Å². The zero-order chi connectivity index (χ0) is 14.3. The Balaban J connectivity index is 2.49. The number of aryl methyl sites for hydroxylation is 1. The van der Waals surface area contributed by atoms with Gasteiger partial charge >= 0.3 is 5.69 Å². The Morgan fingerprint density at radius 2 is 1.65 bits per heavy atom. The van der Waals surface area contributed by atoms with Crippen molar-refractivity contribution in [3.63, 3.8) is 0 Å². The van der Waals surface area contributed by atoms with E-state index in [9.17, 15) is 9.59 Å². The summed E-state index contributed by atoms with van der Waals surface area (Å²) in [6, 6.07) is 12.7. The maximum absolute atomic E-state index is 12.2. The van der Waals surface area contributed by atoms with Gasteiger partial charge in [0.2, 0.25) is 0 Å². The normalized spacial score (nSPS) is 10.9. The van der Waals surface area contributed by atoms with Crippen LogP contribution in [0.25, 0.3) is 16.5 Å². The Kier molecular flexibility index (Phi) is 3.06. The highest BCUT2D eigenvalue weighted by Crippen LogP contribution is 2.27. The molecule has 20 heavy (non-hydrogen) atoms. The fourth-order valence-corrected chi connectivity index (χ4v) is 2.74. The standard InChI is InChI=1S/C15H11BrN2O2/c1-17-9-8-14(19)18(15(17)20)13-7-3-4-10-11(13)5-2-6-12(10)16/h2-9H,1H3. The van der Waals surface area contributed by atoms with Gasteiger partial charge in [0.05, 0.1) is 5.69 Å². The number of aromatic nitrogens is 2. The van der Waals surface area contributed by atoms with E-state index in [0.29, 0.717) is 5.69 Å². The van der Waals surface area contributed by atoms with E-state index in [1.165, 1.54) is 21.4 Å². The summed E-state index contributed by atoms with van der Waals surface area (Å²) in [5, 5.41) is 1.81. The van der Waals surface area contributed by atoms with Gasteiger partial charge in [-0.05, 0) is 17.5 Å². The molecule has 0 saturated carbocycles. The Morgan fingerprint density at radius 3 is 2.45 bits per heavy atom. The van der Waals surface area contributed by atoms with E-state index in [-0.39, 0.29) is 11.2 Å². The number of benzene rings is 2. The van der Waals surface area contributed by atoms with E-state index in [2.05, 4.69) is 15.9 Å². The molecule has 0 atom stereocenters. The maximum atomic E-state index is 12.2. The van der Waals surface area contributed by atoms with E-state index in [4.69, 9.17) is 0 Å². The van der Waals surface area contributed by atoms with Crippen LogP contribution in [0.5, 0.6) is 0 Å². The lowest BCUT2D eigenvalue weighted by Gasteiger charge is -2.10. The van der Waals surface area contributed by atoms with Crippen LogP contribution >= 0.6 is 15.9 Å². The third kappa shape index (κ3) is 1.91. The summed E-state index contributed by atoms with van der Waals surface area (Å²) in [5.41, 5.74) is -0.0967. The molecule has 3 rings (SSSR count). The molecule has 0 radical (unpaired) electrons. The molecular formula is C15H11BrN2O2. The lowest BCUT2D eigenvalue weighted by Crippen LogP contribution is -2.36. The van der Waals surface area contributed by atoms with Gasteiger partial charge in [-0.1, -0.05) is 40.2 Å². The summed E-state index contributed by atoms with van der Waals surface area (Å²) in [7, 11) is 1.62. The number of halogens is 1. The number of fused-ring (bicyclic) bond motifs is 1. The molecule has 0 N–H and O–H groups in total. The van der Waals surface area contributed by atoms with Crippen molar-refractivity contribution in [1.29, 1.82) is 0 Å². The van der Waals surface area contributed by atoms with E-state index < -0.39 is 0 Å². The van der Waals surface area contributed by atoms with Crippen LogP contribution < -0.4 is 11.2 Å². The van der Waals surface area contributed by atoms with E-state index in [1.54, 1.807) is 13.1 Å². The number of rotatable bonds is 1. The van der Waals surface area contributed by atoms with Crippen LogP contribution in [0, 0.1) is 0 Å². The minimum atomic E-state index is -0.357. The van der Waals surface area contributed by atoms with Crippen molar-refractivity contribution in [3.8, 4) is 5.69 Å². The minimum Gasteiger partial charge on any atom is -0.303 e. The molecule has 0 aliphatic heterocycles. The van der Waals surface area contributed by atoms with Crippen LogP contribution in [0.2, 0.25) is 0 Å². The first kappa shape index (κ1) is 12.9. The molecule has 0 saturated heterocycles. The molecule has 3 aromatic rings. The van der Waals surface area contributed by atoms with Crippen LogP contribution in [-0.4, -0.2) is 9.13 Å². The molecule has 5 heteroatoms. The molecule has 2 aromatic carbocycles. The van der Waals surface area contributed by atoms with Gasteiger partial charge in [-0.2, -0.15) is 0 Å². The predicted molar refractivity (Wildman–Crippen MR) is 82.5 cm³/mol. The first-order chi connectivity index (χ1) is 9.59. The topological polar surface area (TPSA) is 44.0 Å². The molecule has 0 spiro atoms. The third-order valence-electron chi connectivity index (χ3n) is 3.24. The monoisotopic (exact) mass is 330 g/mol. The molecule has 1 heterocycles. The van der Waals surface area contributed by atoms with Gasteiger partial charge in [0.25, 0.3) is 5.56 Å². The highest BCUT2D eigenvalue weighted by Gasteiger charge is 2.10. The van der Waals surface area contributed by atoms with Gasteiger partial charge in [0.1, 0.15) is 0 Å². The molecule has 0 aliphatic carbocycles. The van der Waals surface area contributed by atoms with E-state index in [1.807, 2.05) is 30.3 Å². The number of hydrogen-bond acceptors (Lipinski definition) is 2. The summed E-state index contributed by atoms with van der Waals surface area (Å²) in [4.78, 5) is 24.3. The quantitative estimate of drug-likeness (QED) is 0.688. The van der Waals surface area contributed by atoms with Crippen molar-refractivity contribution in [3.05, 3.63) is 74.0 Å². The van der Waals surface area contributed by atoms with Crippen LogP contribution in [0.3, 0.4) is 0 Å². The Hall–Kier alpha value is -2.14. The second-order valence-corrected chi connectivity index (χ2v) is 5.35. The van der Waals surface area contributed by atoms with Gasteiger partial charge < -0.3 is 4.57 Å². The second kappa shape index (κ2) is 4.76. The minimum absolute atomic E-state index is 0.333. The summed E-state index contributed by atoms with van der Waals surface area (Å²) in [6.45, 7) is 0. The molecule has 0 amide bonds. The lowest BCUT2D eigenvalue weighted by molar-refractivity contribution is 0.741. The summed E-state index contributed by atoms with van der Waals surface area (Å²) < 4.78 is 3.50. The predicted octanol–water partition coefficient (Wildman–Crippen LogP) is 2.45. The largest absolute Gasteiger partial charge is 0.335 e. The zero-order valence-corrected chi connectivity index (χ0v) is 12.3. The Morgan fingerprint density at radius 1 is 0.950 bits per heavy atom. The first-order valence-corrected chi connectivity index (χ1v) is 6.85. The van der Waals surface area contributed by atoms with Crippen molar-refractivity contribution in [2.75, 3.05) is 0 Å². The van der Waals surface area contributed by atoms with Crippen LogP contribution in [0.4, 0.5) is 0 Å². The fraction of sp³-hybridized carbons (Fsp3) is 0.0667. The SMILES string of the molecule is Cn1ccc(=O)n(-c2cccc3c(Br)cccc23)c1=O. The van der Waals surface area contributed by atoms with Crippen molar-refractivity contribution >= 4 is 26.7 Å². The fourth-order valence-electron chi connectivity index (χ4n) is 2.24. The number of hydrogen-bond donors (Lipinski definition) is 0. The molecule has 100 valence electrons. The molecule has 0 fully saturated rings. The van der Waals surface area contributed by atoms with Crippen LogP contribution in [0.1, 0.15) is 0 Å². The molecule has 0 aliphatic rings. The Labute approximate surface area is 123 Å². The summed E-state index contributed by atoms with van der Waals surface area (Å²) in [6.07, 6.45) is 1.47. The highest BCUT2D eigenvalue weighted by atomic mass is 79.9. The maximum Gasteiger partial charge on any atom is 0.335 e. The summed E-state index contributed by atoms with van der Waals surface area (Å²) in [5.74, 6) is 0. The highest BCUT2D eigenvalue weighted by molar-refractivity contribution is 9.10. The molecule has 0 bridgehead atoms. The Bertz CT molecular complexity index is 925. The lowest BCUT2D eigenvalue weighted by atomic mass is 10.1. The second-order valence-electron chi connectivity index (χ2n) is 4.49. The zero-order valence-electron chi connectivity index (χ0n) is 10.7. The molecule has 4 nitrogen and oxygen atoms in total. The van der Waals surface area contributed by atoms with E-state index in [0.717, 1.165) is 15.2 Å². The third-order valence-corrected chi connectivity index (χ3v) is 3.93. The first-order valence-electron chi connectivity index (χ1n) is 6.06. The van der Waals surface area contributed by atoms with E-state index >= 15 is 0 Å². The van der Waals surface area contributed by atoms with Crippen molar-refractivity contribution in [2.24, 2.45) is 7.05 Å². The van der Waals surface area contributed by atoms with Crippen LogP contribution in [-0.2, 0) is 7.05 Å². The smallest absolute Gasteiger partial charge is 0.303 e. The molecular weight excluding hydrogens is 320 g/mol. The average Bonchev–Trinajstić information content (AvgIpc) is 2.44. The van der Waals surface area contributed by atoms with Crippen molar-refractivity contribution in [1.82, 2.24) is 9.13 Å². The average molecular weight is 331 g/mol. The van der Waals surface area contributed by atoms with Crippen molar-refractivity contribution < 1.29 is 0 Å². The van der Waals surface area contributed by atoms with Gasteiger partial charge in [0, 0.05) is 29.2 Å². The van der Waals surface area contributed by atoms with Gasteiger partial charge in [-0.15, -0.1) is 0 Å². The van der Waals surface area contributed by atoms with Crippen molar-refractivity contribution in [2.45, 2.75) is 0 Å². The van der Waals surface area contributed by atoms with Gasteiger partial charge in [0.15, 0.2) is 0 Å². The van der Waals surface area contributed by atoms with Crippen LogP contribution in [0.15, 0.2) is 62.7 Å². The molecule has 1 aromatic heterocycles. The van der Waals surface area contributed by atoms with Gasteiger partial charge in [-0.3, -0.25) is 4.79 Å². The number of nitrogens with zero attached hydrogens (tertiary/aromatic N) is 2. The molecule has 0 unspecified atom stereocenters. The summed E-state index contributed by atoms with van der Waals surface area (Å²) >= 11 is 3.48.